The minimum Gasteiger partial charge on any atom is -0.478 e. The lowest BCUT2D eigenvalue weighted by Crippen LogP contribution is -1.98. The fourth-order valence-electron chi connectivity index (χ4n) is 2.99. The van der Waals surface area contributed by atoms with E-state index in [1.165, 1.54) is 6.20 Å². The van der Waals surface area contributed by atoms with Gasteiger partial charge in [0.15, 0.2) is 5.82 Å². The van der Waals surface area contributed by atoms with Crippen molar-refractivity contribution in [3.05, 3.63) is 65.9 Å². The Labute approximate surface area is 142 Å². The Morgan fingerprint density at radius 3 is 2.80 bits per heavy atom. The zero-order valence-electron chi connectivity index (χ0n) is 13.2. The van der Waals surface area contributed by atoms with E-state index in [1.54, 1.807) is 0 Å². The molecule has 124 valence electrons. The van der Waals surface area contributed by atoms with E-state index < -0.39 is 5.97 Å². The van der Waals surface area contributed by atoms with Gasteiger partial charge < -0.3 is 20.5 Å². The quantitative estimate of drug-likeness (QED) is 0.457. The topological polar surface area (TPSA) is 98.2 Å². The van der Waals surface area contributed by atoms with Crippen molar-refractivity contribution in [2.24, 2.45) is 0 Å². The minimum absolute atomic E-state index is 0.0538. The van der Waals surface area contributed by atoms with Crippen molar-refractivity contribution in [1.29, 1.82) is 0 Å². The van der Waals surface area contributed by atoms with Crippen LogP contribution in [-0.2, 0) is 6.61 Å². The zero-order chi connectivity index (χ0) is 17.4. The van der Waals surface area contributed by atoms with Gasteiger partial charge in [-0.2, -0.15) is 0 Å². The fraction of sp³-hybridized carbons (Fsp3) is 0.0526. The number of nitrogens with zero attached hydrogens (tertiary/aromatic N) is 1. The van der Waals surface area contributed by atoms with E-state index >= 15 is 0 Å². The van der Waals surface area contributed by atoms with Crippen molar-refractivity contribution in [1.82, 2.24) is 9.97 Å². The van der Waals surface area contributed by atoms with Crippen molar-refractivity contribution in [2.75, 3.05) is 5.32 Å². The van der Waals surface area contributed by atoms with Crippen LogP contribution in [0.3, 0.4) is 0 Å². The van der Waals surface area contributed by atoms with Crippen molar-refractivity contribution in [2.45, 2.75) is 6.61 Å². The summed E-state index contributed by atoms with van der Waals surface area (Å²) in [5.74, 6) is -0.452. The lowest BCUT2D eigenvalue weighted by Gasteiger charge is -2.10. The minimum atomic E-state index is -0.990. The van der Waals surface area contributed by atoms with Crippen molar-refractivity contribution in [3.8, 4) is 0 Å². The van der Waals surface area contributed by atoms with E-state index in [1.807, 2.05) is 48.5 Å². The molecule has 6 heteroatoms. The van der Waals surface area contributed by atoms with Crippen LogP contribution < -0.4 is 5.32 Å². The van der Waals surface area contributed by atoms with Crippen LogP contribution in [0.1, 0.15) is 15.9 Å². The Hall–Kier alpha value is -3.38. The van der Waals surface area contributed by atoms with Crippen LogP contribution in [0.5, 0.6) is 0 Å². The molecule has 0 saturated carbocycles. The molecule has 4 aromatic rings. The van der Waals surface area contributed by atoms with E-state index in [9.17, 15) is 15.0 Å². The molecular weight excluding hydrogens is 318 g/mol. The average molecular weight is 333 g/mol. The number of aliphatic hydroxyl groups excluding tert-OH is 1. The van der Waals surface area contributed by atoms with E-state index in [-0.39, 0.29) is 12.2 Å². The third kappa shape index (κ3) is 2.58. The third-order valence-corrected chi connectivity index (χ3v) is 4.13. The van der Waals surface area contributed by atoms with Crippen LogP contribution in [0, 0.1) is 0 Å². The number of carbonyl (C=O) groups is 1. The molecule has 0 fully saturated rings. The number of carboxylic acids is 1. The van der Waals surface area contributed by atoms with Gasteiger partial charge in [-0.15, -0.1) is 0 Å². The first kappa shape index (κ1) is 15.2. The average Bonchev–Trinajstić information content (AvgIpc) is 3.08. The van der Waals surface area contributed by atoms with E-state index in [2.05, 4.69) is 15.3 Å². The Kier molecular flexibility index (Phi) is 3.59. The molecule has 0 aliphatic heterocycles. The highest BCUT2D eigenvalue weighted by atomic mass is 16.4. The number of anilines is 2. The number of para-hydroxylation sites is 1. The van der Waals surface area contributed by atoms with Gasteiger partial charge in [0.25, 0.3) is 0 Å². The Bertz CT molecular complexity index is 1100. The second kappa shape index (κ2) is 5.92. The molecule has 4 N–H and O–H groups in total. The molecule has 0 aliphatic carbocycles. The number of rotatable bonds is 4. The maximum Gasteiger partial charge on any atom is 0.337 e. The largest absolute Gasteiger partial charge is 0.478 e. The number of nitrogens with one attached hydrogen (secondary N) is 2. The summed E-state index contributed by atoms with van der Waals surface area (Å²) in [6.07, 6.45) is 1.48. The lowest BCUT2D eigenvalue weighted by molar-refractivity contribution is 0.0699. The number of fused-ring (bicyclic) bond motifs is 3. The number of benzene rings is 2. The first-order valence-corrected chi connectivity index (χ1v) is 7.77. The number of aromatic nitrogens is 2. The molecule has 2 aromatic heterocycles. The highest BCUT2D eigenvalue weighted by molar-refractivity contribution is 6.17. The number of aromatic amines is 1. The molecule has 0 bridgehead atoms. The smallest absolute Gasteiger partial charge is 0.337 e. The third-order valence-electron chi connectivity index (χ3n) is 4.13. The van der Waals surface area contributed by atoms with E-state index in [4.69, 9.17) is 0 Å². The predicted molar refractivity (Wildman–Crippen MR) is 96.2 cm³/mol. The molecule has 0 saturated heterocycles. The molecule has 0 amide bonds. The molecular formula is C19H15N3O3. The van der Waals surface area contributed by atoms with Crippen LogP contribution in [0.4, 0.5) is 11.5 Å². The molecule has 0 atom stereocenters. The zero-order valence-corrected chi connectivity index (χ0v) is 13.2. The number of hydrogen-bond acceptors (Lipinski definition) is 4. The van der Waals surface area contributed by atoms with Crippen molar-refractivity contribution >= 4 is 39.3 Å². The first-order valence-electron chi connectivity index (χ1n) is 7.77. The first-order chi connectivity index (χ1) is 12.2. The number of H-pyrrole nitrogens is 1. The van der Waals surface area contributed by atoms with Crippen LogP contribution >= 0.6 is 0 Å². The highest BCUT2D eigenvalue weighted by Crippen LogP contribution is 2.33. The maximum atomic E-state index is 11.6. The van der Waals surface area contributed by atoms with Gasteiger partial charge in [0, 0.05) is 22.7 Å². The molecule has 0 aliphatic rings. The number of aliphatic hydroxyl groups is 1. The number of pyridine rings is 1. The van der Waals surface area contributed by atoms with E-state index in [0.29, 0.717) is 22.2 Å². The second-order valence-corrected chi connectivity index (χ2v) is 5.72. The van der Waals surface area contributed by atoms with Crippen LogP contribution in [-0.4, -0.2) is 26.2 Å². The molecule has 0 radical (unpaired) electrons. The van der Waals surface area contributed by atoms with Gasteiger partial charge in [-0.3, -0.25) is 0 Å². The molecule has 6 nitrogen and oxygen atoms in total. The molecule has 0 unspecified atom stereocenters. The summed E-state index contributed by atoms with van der Waals surface area (Å²) in [5.41, 5.74) is 3.09. The van der Waals surface area contributed by atoms with Crippen LogP contribution in [0.15, 0.2) is 54.7 Å². The highest BCUT2D eigenvalue weighted by Gasteiger charge is 2.17. The number of carboxylic acid groups (broad SMARTS) is 1. The normalized spacial score (nSPS) is 11.1. The fourth-order valence-corrected chi connectivity index (χ4v) is 2.99. The van der Waals surface area contributed by atoms with Crippen molar-refractivity contribution < 1.29 is 15.0 Å². The van der Waals surface area contributed by atoms with Gasteiger partial charge in [0.05, 0.1) is 23.2 Å². The van der Waals surface area contributed by atoms with Crippen molar-refractivity contribution in [3.63, 3.8) is 0 Å². The summed E-state index contributed by atoms with van der Waals surface area (Å²) in [5, 5.41) is 23.4. The Balaban J connectivity index is 1.95. The number of hydrogen-bond donors (Lipinski definition) is 4. The maximum absolute atomic E-state index is 11.6. The van der Waals surface area contributed by atoms with E-state index in [0.717, 1.165) is 16.6 Å². The SMILES string of the molecule is O=C(O)c1c[nH]c2c(Nc3cccc(CO)c3)nc3ccccc3c12. The molecule has 0 spiro atoms. The van der Waals surface area contributed by atoms with Gasteiger partial charge >= 0.3 is 5.97 Å². The monoisotopic (exact) mass is 333 g/mol. The van der Waals surface area contributed by atoms with Crippen LogP contribution in [0.25, 0.3) is 21.8 Å². The molecule has 25 heavy (non-hydrogen) atoms. The summed E-state index contributed by atoms with van der Waals surface area (Å²) >= 11 is 0. The van der Waals surface area contributed by atoms with Gasteiger partial charge in [-0.05, 0) is 23.8 Å². The second-order valence-electron chi connectivity index (χ2n) is 5.72. The van der Waals surface area contributed by atoms with Gasteiger partial charge in [0.2, 0.25) is 0 Å². The number of aromatic carboxylic acids is 1. The molecule has 2 aromatic carbocycles. The standard InChI is InChI=1S/C19H15N3O3/c23-10-11-4-3-5-12(8-11)21-18-17-16(14(9-20-17)19(24)25)13-6-1-2-7-15(13)22-18/h1-9,20,23H,10H2,(H,21,22)(H,24,25). The molecule has 4 rings (SSSR count). The van der Waals surface area contributed by atoms with Crippen LogP contribution in [0.2, 0.25) is 0 Å². The predicted octanol–water partition coefficient (Wildman–Crippen LogP) is 3.65. The summed E-state index contributed by atoms with van der Waals surface area (Å²) in [6.45, 7) is -0.0538. The lowest BCUT2D eigenvalue weighted by atomic mass is 10.1. The van der Waals surface area contributed by atoms with Gasteiger partial charge in [-0.1, -0.05) is 30.3 Å². The summed E-state index contributed by atoms with van der Waals surface area (Å²) in [6, 6.07) is 14.8. The summed E-state index contributed by atoms with van der Waals surface area (Å²) < 4.78 is 0. The van der Waals surface area contributed by atoms with Gasteiger partial charge in [-0.25, -0.2) is 9.78 Å². The summed E-state index contributed by atoms with van der Waals surface area (Å²) in [7, 11) is 0. The summed E-state index contributed by atoms with van der Waals surface area (Å²) in [4.78, 5) is 19.2. The molecule has 2 heterocycles. The Morgan fingerprint density at radius 1 is 1.16 bits per heavy atom. The Morgan fingerprint density at radius 2 is 2.00 bits per heavy atom. The van der Waals surface area contributed by atoms with Gasteiger partial charge in [0.1, 0.15) is 0 Å².